The maximum atomic E-state index is 12.7. The molecule has 0 radical (unpaired) electrons. The molecule has 7 heteroatoms. The van der Waals surface area contributed by atoms with Crippen LogP contribution >= 0.6 is 0 Å². The molecule has 29 heavy (non-hydrogen) atoms. The lowest BCUT2D eigenvalue weighted by atomic mass is 10.1. The van der Waals surface area contributed by atoms with Gasteiger partial charge in [-0.05, 0) is 44.2 Å². The van der Waals surface area contributed by atoms with Crippen LogP contribution in [0, 0.1) is 6.92 Å². The molecule has 1 saturated heterocycles. The van der Waals surface area contributed by atoms with Gasteiger partial charge in [0.15, 0.2) is 0 Å². The summed E-state index contributed by atoms with van der Waals surface area (Å²) in [5, 5.41) is 5.58. The lowest BCUT2D eigenvalue weighted by molar-refractivity contribution is -0.117. The molecule has 1 aromatic heterocycles. The van der Waals surface area contributed by atoms with E-state index in [0.717, 1.165) is 44.8 Å². The Morgan fingerprint density at radius 2 is 1.90 bits per heavy atom. The molecule has 0 bridgehead atoms. The number of furan rings is 1. The van der Waals surface area contributed by atoms with Crippen molar-refractivity contribution in [1.29, 1.82) is 0 Å². The summed E-state index contributed by atoms with van der Waals surface area (Å²) in [6, 6.07) is 10.6. The van der Waals surface area contributed by atoms with Gasteiger partial charge in [0.05, 0.1) is 19.5 Å². The van der Waals surface area contributed by atoms with E-state index >= 15 is 0 Å². The molecular formula is C22H27N3O4. The van der Waals surface area contributed by atoms with Gasteiger partial charge < -0.3 is 19.8 Å². The molecule has 3 rings (SSSR count). The first-order chi connectivity index (χ1) is 14.1. The van der Waals surface area contributed by atoms with Gasteiger partial charge in [0.25, 0.3) is 11.8 Å². The Balaban J connectivity index is 1.58. The highest BCUT2D eigenvalue weighted by Gasteiger charge is 2.15. The Labute approximate surface area is 170 Å². The van der Waals surface area contributed by atoms with Crippen LogP contribution in [0.15, 0.2) is 52.8 Å². The Kier molecular flexibility index (Phi) is 7.61. The number of morpholine rings is 1. The molecule has 7 nitrogen and oxygen atoms in total. The fraction of sp³-hybridized carbons (Fsp3) is 0.364. The van der Waals surface area contributed by atoms with Crippen molar-refractivity contribution in [2.45, 2.75) is 13.3 Å². The molecule has 1 aliphatic rings. The first kappa shape index (κ1) is 20.8. The van der Waals surface area contributed by atoms with Gasteiger partial charge in [-0.15, -0.1) is 0 Å². The molecule has 1 aliphatic heterocycles. The number of nitrogens with zero attached hydrogens (tertiary/aromatic N) is 1. The van der Waals surface area contributed by atoms with Crippen LogP contribution in [0.5, 0.6) is 0 Å². The Morgan fingerprint density at radius 3 is 2.59 bits per heavy atom. The molecule has 0 atom stereocenters. The first-order valence-corrected chi connectivity index (χ1v) is 9.83. The smallest absolute Gasteiger partial charge is 0.267 e. The van der Waals surface area contributed by atoms with Crippen molar-refractivity contribution in [2.24, 2.45) is 0 Å². The standard InChI is InChI=1S/C22H27N3O4/c1-17-5-7-18(8-6-17)21(26)24-20(16-19-4-2-13-29-19)22(27)23-9-3-10-25-11-14-28-15-12-25/h2,4-8,13,16H,3,9-12,14-15H2,1H3,(H,23,27)(H,24,26)/b20-16-. The van der Waals surface area contributed by atoms with Gasteiger partial charge in [0.1, 0.15) is 11.5 Å². The highest BCUT2D eigenvalue weighted by atomic mass is 16.5. The maximum Gasteiger partial charge on any atom is 0.267 e. The Bertz CT molecular complexity index is 822. The Morgan fingerprint density at radius 1 is 1.14 bits per heavy atom. The number of nitrogens with one attached hydrogen (secondary N) is 2. The number of carbonyl (C=O) groups excluding carboxylic acids is 2. The van der Waals surface area contributed by atoms with E-state index in [4.69, 9.17) is 9.15 Å². The number of hydrogen-bond acceptors (Lipinski definition) is 5. The molecule has 0 unspecified atom stereocenters. The van der Waals surface area contributed by atoms with Crippen molar-refractivity contribution in [2.75, 3.05) is 39.4 Å². The van der Waals surface area contributed by atoms with Crippen LogP contribution in [0.25, 0.3) is 6.08 Å². The summed E-state index contributed by atoms with van der Waals surface area (Å²) in [5.74, 6) is -0.192. The van der Waals surface area contributed by atoms with E-state index in [1.165, 1.54) is 12.3 Å². The van der Waals surface area contributed by atoms with E-state index in [-0.39, 0.29) is 17.5 Å². The summed E-state index contributed by atoms with van der Waals surface area (Å²) in [5.41, 5.74) is 1.70. The largest absolute Gasteiger partial charge is 0.465 e. The highest BCUT2D eigenvalue weighted by Crippen LogP contribution is 2.09. The van der Waals surface area contributed by atoms with E-state index in [9.17, 15) is 9.59 Å². The van der Waals surface area contributed by atoms with E-state index < -0.39 is 0 Å². The summed E-state index contributed by atoms with van der Waals surface area (Å²) in [4.78, 5) is 27.5. The van der Waals surface area contributed by atoms with E-state index in [0.29, 0.717) is 17.9 Å². The average molecular weight is 397 g/mol. The number of rotatable bonds is 8. The van der Waals surface area contributed by atoms with Gasteiger partial charge in [-0.25, -0.2) is 0 Å². The van der Waals surface area contributed by atoms with Crippen LogP contribution in [0.1, 0.15) is 28.1 Å². The van der Waals surface area contributed by atoms with E-state index in [1.807, 2.05) is 19.1 Å². The van der Waals surface area contributed by atoms with Crippen LogP contribution in [0.3, 0.4) is 0 Å². The van der Waals surface area contributed by atoms with Crippen molar-refractivity contribution in [3.63, 3.8) is 0 Å². The second-order valence-electron chi connectivity index (χ2n) is 6.96. The number of aryl methyl sites for hydroxylation is 1. The van der Waals surface area contributed by atoms with Crippen molar-refractivity contribution >= 4 is 17.9 Å². The fourth-order valence-electron chi connectivity index (χ4n) is 3.00. The minimum absolute atomic E-state index is 0.150. The zero-order chi connectivity index (χ0) is 20.5. The molecule has 2 amide bonds. The van der Waals surface area contributed by atoms with Crippen molar-refractivity contribution in [3.8, 4) is 0 Å². The van der Waals surface area contributed by atoms with E-state index in [2.05, 4.69) is 15.5 Å². The third kappa shape index (κ3) is 6.58. The second-order valence-corrected chi connectivity index (χ2v) is 6.96. The van der Waals surface area contributed by atoms with Gasteiger partial charge >= 0.3 is 0 Å². The molecule has 0 saturated carbocycles. The summed E-state index contributed by atoms with van der Waals surface area (Å²) >= 11 is 0. The number of ether oxygens (including phenoxy) is 1. The van der Waals surface area contributed by atoms with Crippen LogP contribution < -0.4 is 10.6 Å². The summed E-state index contributed by atoms with van der Waals surface area (Å²) < 4.78 is 10.6. The van der Waals surface area contributed by atoms with Gasteiger partial charge in [-0.3, -0.25) is 14.5 Å². The first-order valence-electron chi connectivity index (χ1n) is 9.83. The molecule has 0 aliphatic carbocycles. The molecule has 2 aromatic rings. The minimum atomic E-state index is -0.344. The average Bonchev–Trinajstić information content (AvgIpc) is 3.25. The molecule has 2 heterocycles. The third-order valence-electron chi connectivity index (χ3n) is 4.68. The number of amides is 2. The molecule has 0 spiro atoms. The molecule has 1 fully saturated rings. The third-order valence-corrected chi connectivity index (χ3v) is 4.68. The van der Waals surface area contributed by atoms with Crippen LogP contribution in [-0.4, -0.2) is 56.1 Å². The Hall–Kier alpha value is -2.90. The lowest BCUT2D eigenvalue weighted by Crippen LogP contribution is -2.39. The lowest BCUT2D eigenvalue weighted by Gasteiger charge is -2.26. The summed E-state index contributed by atoms with van der Waals surface area (Å²) in [6.45, 7) is 6.73. The summed E-state index contributed by atoms with van der Waals surface area (Å²) in [7, 11) is 0. The van der Waals surface area contributed by atoms with E-state index in [1.54, 1.807) is 24.3 Å². The van der Waals surface area contributed by atoms with Crippen LogP contribution in [-0.2, 0) is 9.53 Å². The summed E-state index contributed by atoms with van der Waals surface area (Å²) in [6.07, 6.45) is 3.88. The second kappa shape index (κ2) is 10.6. The zero-order valence-electron chi connectivity index (χ0n) is 16.6. The SMILES string of the molecule is Cc1ccc(C(=O)N/C(=C\c2ccco2)C(=O)NCCCN2CCOCC2)cc1. The van der Waals surface area contributed by atoms with Gasteiger partial charge in [0, 0.05) is 31.3 Å². The van der Waals surface area contributed by atoms with Crippen molar-refractivity contribution < 1.29 is 18.7 Å². The highest BCUT2D eigenvalue weighted by molar-refractivity contribution is 6.05. The quantitative estimate of drug-likeness (QED) is 0.527. The van der Waals surface area contributed by atoms with Gasteiger partial charge in [0.2, 0.25) is 0 Å². The topological polar surface area (TPSA) is 83.8 Å². The molecule has 154 valence electrons. The normalized spacial score (nSPS) is 15.1. The van der Waals surface area contributed by atoms with Crippen LogP contribution in [0.4, 0.5) is 0 Å². The minimum Gasteiger partial charge on any atom is -0.465 e. The monoisotopic (exact) mass is 397 g/mol. The van der Waals surface area contributed by atoms with Gasteiger partial charge in [-0.2, -0.15) is 0 Å². The molecule has 2 N–H and O–H groups in total. The predicted molar refractivity (Wildman–Crippen MR) is 110 cm³/mol. The van der Waals surface area contributed by atoms with Gasteiger partial charge in [-0.1, -0.05) is 17.7 Å². The number of benzene rings is 1. The number of carbonyl (C=O) groups is 2. The fourth-order valence-corrected chi connectivity index (χ4v) is 3.00. The number of hydrogen-bond donors (Lipinski definition) is 2. The zero-order valence-corrected chi connectivity index (χ0v) is 16.6. The predicted octanol–water partition coefficient (Wildman–Crippen LogP) is 2.20. The van der Waals surface area contributed by atoms with Crippen molar-refractivity contribution in [1.82, 2.24) is 15.5 Å². The molecule has 1 aromatic carbocycles. The maximum absolute atomic E-state index is 12.7. The molecular weight excluding hydrogens is 370 g/mol. The van der Waals surface area contributed by atoms with Crippen molar-refractivity contribution in [3.05, 3.63) is 65.2 Å². The van der Waals surface area contributed by atoms with Crippen LogP contribution in [0.2, 0.25) is 0 Å².